The van der Waals surface area contributed by atoms with Gasteiger partial charge in [0.25, 0.3) is 5.91 Å². The third kappa shape index (κ3) is 3.70. The standard InChI is InChI=1S/C23H19N3O4S/c27-20-13-25(19-6-2-1-5-18(19)24-20)22(29)15-7-9-16(10-8-15)23-26(21(28)14-31-23)12-17-4-3-11-30-17/h1-11,23H,12-14H2,(H,24,27)/t23-/m0/s1. The maximum Gasteiger partial charge on any atom is 0.258 e. The molecule has 7 nitrogen and oxygen atoms in total. The van der Waals surface area contributed by atoms with E-state index in [9.17, 15) is 14.4 Å². The highest BCUT2D eigenvalue weighted by atomic mass is 32.2. The number of nitrogens with zero attached hydrogens (tertiary/aromatic N) is 2. The summed E-state index contributed by atoms with van der Waals surface area (Å²) in [7, 11) is 0. The highest BCUT2D eigenvalue weighted by Crippen LogP contribution is 2.40. The van der Waals surface area contributed by atoms with Gasteiger partial charge < -0.3 is 14.6 Å². The van der Waals surface area contributed by atoms with Crippen LogP contribution in [-0.2, 0) is 16.1 Å². The van der Waals surface area contributed by atoms with Crippen LogP contribution in [0.25, 0.3) is 0 Å². The fourth-order valence-corrected chi connectivity index (χ4v) is 5.02. The first-order valence-electron chi connectivity index (χ1n) is 9.84. The van der Waals surface area contributed by atoms with Crippen LogP contribution >= 0.6 is 11.8 Å². The van der Waals surface area contributed by atoms with E-state index in [4.69, 9.17) is 4.42 Å². The fraction of sp³-hybridized carbons (Fsp3) is 0.174. The van der Waals surface area contributed by atoms with Gasteiger partial charge in [-0.05, 0) is 42.0 Å². The van der Waals surface area contributed by atoms with Crippen molar-refractivity contribution < 1.29 is 18.8 Å². The van der Waals surface area contributed by atoms with E-state index < -0.39 is 0 Å². The Labute approximate surface area is 183 Å². The molecule has 3 heterocycles. The zero-order chi connectivity index (χ0) is 21.4. The smallest absolute Gasteiger partial charge is 0.258 e. The number of nitrogens with one attached hydrogen (secondary N) is 1. The summed E-state index contributed by atoms with van der Waals surface area (Å²) in [4.78, 5) is 40.8. The second kappa shape index (κ2) is 7.96. The number of hydrogen-bond acceptors (Lipinski definition) is 5. The average molecular weight is 433 g/mol. The quantitative estimate of drug-likeness (QED) is 0.679. The summed E-state index contributed by atoms with van der Waals surface area (Å²) in [5.41, 5.74) is 2.73. The molecule has 0 aliphatic carbocycles. The summed E-state index contributed by atoms with van der Waals surface area (Å²) >= 11 is 1.55. The van der Waals surface area contributed by atoms with Crippen molar-refractivity contribution >= 4 is 40.9 Å². The Kier molecular flexibility index (Phi) is 4.99. The Bertz CT molecular complexity index is 1140. The van der Waals surface area contributed by atoms with Crippen LogP contribution in [0, 0.1) is 0 Å². The second-order valence-corrected chi connectivity index (χ2v) is 8.41. The van der Waals surface area contributed by atoms with Gasteiger partial charge >= 0.3 is 0 Å². The van der Waals surface area contributed by atoms with Gasteiger partial charge in [0, 0.05) is 5.56 Å². The predicted octanol–water partition coefficient (Wildman–Crippen LogP) is 3.65. The molecule has 2 aliphatic heterocycles. The molecule has 8 heteroatoms. The monoisotopic (exact) mass is 433 g/mol. The zero-order valence-electron chi connectivity index (χ0n) is 16.5. The first-order chi connectivity index (χ1) is 15.1. The van der Waals surface area contributed by atoms with Gasteiger partial charge in [0.05, 0.1) is 29.9 Å². The van der Waals surface area contributed by atoms with Gasteiger partial charge in [-0.25, -0.2) is 0 Å². The number of thioether (sulfide) groups is 1. The summed E-state index contributed by atoms with van der Waals surface area (Å²) in [6, 6.07) is 18.1. The van der Waals surface area contributed by atoms with Gasteiger partial charge in [0.1, 0.15) is 17.7 Å². The molecular formula is C23H19N3O4S. The molecule has 3 amide bonds. The second-order valence-electron chi connectivity index (χ2n) is 7.34. The van der Waals surface area contributed by atoms with Crippen molar-refractivity contribution in [2.45, 2.75) is 11.9 Å². The van der Waals surface area contributed by atoms with Crippen molar-refractivity contribution in [3.05, 3.63) is 83.8 Å². The average Bonchev–Trinajstić information content (AvgIpc) is 3.43. The molecular weight excluding hydrogens is 414 g/mol. The lowest BCUT2D eigenvalue weighted by molar-refractivity contribution is -0.128. The van der Waals surface area contributed by atoms with Gasteiger partial charge in [-0.15, -0.1) is 11.8 Å². The van der Waals surface area contributed by atoms with Gasteiger partial charge in [-0.2, -0.15) is 0 Å². The zero-order valence-corrected chi connectivity index (χ0v) is 17.3. The minimum Gasteiger partial charge on any atom is -0.467 e. The number of rotatable bonds is 4. The molecule has 156 valence electrons. The normalized spacial score (nSPS) is 18.1. The SMILES string of the molecule is O=C1CN(C(=O)c2ccc([C@@H]3SCC(=O)N3Cc3ccco3)cc2)c2ccccc2N1. The van der Waals surface area contributed by atoms with Crippen LogP contribution in [0.5, 0.6) is 0 Å². The van der Waals surface area contributed by atoms with E-state index in [2.05, 4.69) is 5.32 Å². The topological polar surface area (TPSA) is 82.9 Å². The molecule has 1 fully saturated rings. The molecule has 0 radical (unpaired) electrons. The lowest BCUT2D eigenvalue weighted by Gasteiger charge is -2.29. The maximum atomic E-state index is 13.1. The molecule has 2 aliphatic rings. The summed E-state index contributed by atoms with van der Waals surface area (Å²) in [5, 5.41) is 2.65. The predicted molar refractivity (Wildman–Crippen MR) is 118 cm³/mol. The minimum atomic E-state index is -0.239. The summed E-state index contributed by atoms with van der Waals surface area (Å²) < 4.78 is 5.40. The molecule has 0 bridgehead atoms. The summed E-state index contributed by atoms with van der Waals surface area (Å²) in [6.45, 7) is 0.380. The van der Waals surface area contributed by atoms with E-state index in [0.29, 0.717) is 29.2 Å². The molecule has 31 heavy (non-hydrogen) atoms. The van der Waals surface area contributed by atoms with Crippen molar-refractivity contribution in [1.29, 1.82) is 0 Å². The van der Waals surface area contributed by atoms with E-state index >= 15 is 0 Å². The van der Waals surface area contributed by atoms with Crippen LogP contribution in [0.3, 0.4) is 0 Å². The van der Waals surface area contributed by atoms with Crippen LogP contribution in [0.4, 0.5) is 11.4 Å². The van der Waals surface area contributed by atoms with Crippen molar-refractivity contribution in [1.82, 2.24) is 4.90 Å². The number of para-hydroxylation sites is 2. The Hall–Kier alpha value is -3.52. The summed E-state index contributed by atoms with van der Waals surface area (Å²) in [6.07, 6.45) is 1.59. The highest BCUT2D eigenvalue weighted by Gasteiger charge is 2.34. The molecule has 2 aromatic carbocycles. The Balaban J connectivity index is 1.37. The third-order valence-electron chi connectivity index (χ3n) is 5.33. The van der Waals surface area contributed by atoms with Crippen LogP contribution in [-0.4, -0.2) is 34.9 Å². The molecule has 1 N–H and O–H groups in total. The first-order valence-corrected chi connectivity index (χ1v) is 10.9. The maximum absolute atomic E-state index is 13.1. The molecule has 3 aromatic rings. The van der Waals surface area contributed by atoms with Gasteiger partial charge in [-0.3, -0.25) is 19.3 Å². The molecule has 1 atom stereocenters. The lowest BCUT2D eigenvalue weighted by Crippen LogP contribution is -2.42. The lowest BCUT2D eigenvalue weighted by atomic mass is 10.1. The Morgan fingerprint density at radius 1 is 1.06 bits per heavy atom. The van der Waals surface area contributed by atoms with E-state index in [1.807, 2.05) is 36.4 Å². The van der Waals surface area contributed by atoms with Crippen LogP contribution in [0.1, 0.15) is 27.1 Å². The molecule has 5 rings (SSSR count). The van der Waals surface area contributed by atoms with Gasteiger partial charge in [0.2, 0.25) is 11.8 Å². The van der Waals surface area contributed by atoms with Crippen molar-refractivity contribution in [2.75, 3.05) is 22.5 Å². The van der Waals surface area contributed by atoms with E-state index in [1.165, 1.54) is 4.90 Å². The Morgan fingerprint density at radius 2 is 1.87 bits per heavy atom. The molecule has 0 unspecified atom stereocenters. The third-order valence-corrected chi connectivity index (χ3v) is 6.59. The number of amides is 3. The van der Waals surface area contributed by atoms with Crippen LogP contribution in [0.15, 0.2) is 71.3 Å². The fourth-order valence-electron chi connectivity index (χ4n) is 3.83. The van der Waals surface area contributed by atoms with Crippen LogP contribution < -0.4 is 10.2 Å². The number of anilines is 2. The van der Waals surface area contributed by atoms with Crippen molar-refractivity contribution in [2.24, 2.45) is 0 Å². The van der Waals surface area contributed by atoms with E-state index in [-0.39, 0.29) is 29.6 Å². The van der Waals surface area contributed by atoms with Crippen molar-refractivity contribution in [3.63, 3.8) is 0 Å². The van der Waals surface area contributed by atoms with Gasteiger partial charge in [0.15, 0.2) is 0 Å². The van der Waals surface area contributed by atoms with Crippen LogP contribution in [0.2, 0.25) is 0 Å². The largest absolute Gasteiger partial charge is 0.467 e. The number of furan rings is 1. The van der Waals surface area contributed by atoms with Gasteiger partial charge in [-0.1, -0.05) is 24.3 Å². The summed E-state index contributed by atoms with van der Waals surface area (Å²) in [5.74, 6) is 0.734. The number of carbonyl (C=O) groups is 3. The number of hydrogen-bond donors (Lipinski definition) is 1. The highest BCUT2D eigenvalue weighted by molar-refractivity contribution is 8.00. The minimum absolute atomic E-state index is 0.0263. The van der Waals surface area contributed by atoms with E-state index in [0.717, 1.165) is 11.3 Å². The number of benzene rings is 2. The number of carbonyl (C=O) groups excluding carboxylic acids is 3. The molecule has 0 saturated carbocycles. The first kappa shape index (κ1) is 19.4. The van der Waals surface area contributed by atoms with E-state index in [1.54, 1.807) is 47.2 Å². The Morgan fingerprint density at radius 3 is 2.65 bits per heavy atom. The van der Waals surface area contributed by atoms with Crippen molar-refractivity contribution in [3.8, 4) is 0 Å². The molecule has 1 aromatic heterocycles. The number of fused-ring (bicyclic) bond motifs is 1. The molecule has 1 saturated heterocycles. The molecule has 0 spiro atoms.